The summed E-state index contributed by atoms with van der Waals surface area (Å²) >= 11 is 0. The van der Waals surface area contributed by atoms with Crippen LogP contribution in [0, 0.1) is 0 Å². The zero-order valence-corrected chi connectivity index (χ0v) is 12.1. The zero-order valence-electron chi connectivity index (χ0n) is 12.1. The van der Waals surface area contributed by atoms with Crippen LogP contribution >= 0.6 is 0 Å². The number of carboxylic acids is 1. The molecule has 1 aromatic rings. The highest BCUT2D eigenvalue weighted by Gasteiger charge is 2.16. The molecule has 1 aromatic carbocycles. The van der Waals surface area contributed by atoms with Crippen molar-refractivity contribution in [3.8, 4) is 5.75 Å². The molecule has 1 unspecified atom stereocenters. The van der Waals surface area contributed by atoms with Gasteiger partial charge in [0, 0.05) is 13.1 Å². The van der Waals surface area contributed by atoms with E-state index in [-0.39, 0.29) is 38.4 Å². The molecule has 116 valence electrons. The van der Waals surface area contributed by atoms with Gasteiger partial charge in [0.25, 0.3) is 0 Å². The largest absolute Gasteiger partial charge is 0.493 e. The number of ether oxygens (including phenoxy) is 1. The van der Waals surface area contributed by atoms with Gasteiger partial charge in [0.15, 0.2) is 0 Å². The molecular formula is C15H21NO5. The molecule has 0 aliphatic rings. The van der Waals surface area contributed by atoms with Crippen molar-refractivity contribution in [2.24, 2.45) is 0 Å². The molecule has 21 heavy (non-hydrogen) atoms. The summed E-state index contributed by atoms with van der Waals surface area (Å²) in [7, 11) is 0. The Balaban J connectivity index is 2.42. The number of nitrogens with zero attached hydrogens (tertiary/aromatic N) is 1. The summed E-state index contributed by atoms with van der Waals surface area (Å²) in [4.78, 5) is 24.0. The van der Waals surface area contributed by atoms with Crippen LogP contribution in [0.1, 0.15) is 19.8 Å². The predicted molar refractivity (Wildman–Crippen MR) is 77.1 cm³/mol. The summed E-state index contributed by atoms with van der Waals surface area (Å²) in [5.74, 6) is -0.523. The summed E-state index contributed by atoms with van der Waals surface area (Å²) in [6.07, 6.45) is -0.697. The monoisotopic (exact) mass is 295 g/mol. The van der Waals surface area contributed by atoms with E-state index in [1.54, 1.807) is 19.1 Å². The number of carboxylic acid groups (broad SMARTS) is 1. The summed E-state index contributed by atoms with van der Waals surface area (Å²) in [6, 6.07) is 9.13. The highest BCUT2D eigenvalue weighted by Crippen LogP contribution is 2.09. The lowest BCUT2D eigenvalue weighted by Gasteiger charge is -2.23. The van der Waals surface area contributed by atoms with Crippen molar-refractivity contribution >= 4 is 11.9 Å². The minimum absolute atomic E-state index is 0.0877. The second kappa shape index (κ2) is 8.97. The quantitative estimate of drug-likeness (QED) is 0.713. The number of para-hydroxylation sites is 1. The first kappa shape index (κ1) is 17.0. The van der Waals surface area contributed by atoms with Crippen LogP contribution in [0.5, 0.6) is 5.75 Å². The van der Waals surface area contributed by atoms with Crippen LogP contribution in [0.2, 0.25) is 0 Å². The van der Waals surface area contributed by atoms with Crippen molar-refractivity contribution in [3.05, 3.63) is 30.3 Å². The van der Waals surface area contributed by atoms with Gasteiger partial charge in [-0.2, -0.15) is 0 Å². The number of aliphatic hydroxyl groups is 1. The number of rotatable bonds is 9. The minimum atomic E-state index is -0.973. The fourth-order valence-corrected chi connectivity index (χ4v) is 1.80. The van der Waals surface area contributed by atoms with E-state index in [9.17, 15) is 14.7 Å². The maximum absolute atomic E-state index is 12.0. The first-order chi connectivity index (χ1) is 9.99. The van der Waals surface area contributed by atoms with E-state index >= 15 is 0 Å². The molecule has 0 aliphatic heterocycles. The van der Waals surface area contributed by atoms with Gasteiger partial charge in [-0.3, -0.25) is 9.59 Å². The maximum atomic E-state index is 12.0. The first-order valence-electron chi connectivity index (χ1n) is 6.84. The minimum Gasteiger partial charge on any atom is -0.493 e. The normalized spacial score (nSPS) is 11.7. The molecule has 6 heteroatoms. The average molecular weight is 295 g/mol. The molecule has 0 spiro atoms. The Morgan fingerprint density at radius 3 is 2.48 bits per heavy atom. The van der Waals surface area contributed by atoms with Crippen LogP contribution in [0.25, 0.3) is 0 Å². The number of hydrogen-bond acceptors (Lipinski definition) is 4. The molecule has 0 saturated heterocycles. The maximum Gasteiger partial charge on any atom is 0.305 e. The zero-order chi connectivity index (χ0) is 15.7. The van der Waals surface area contributed by atoms with E-state index in [1.165, 1.54) is 4.90 Å². The molecule has 0 fully saturated rings. The van der Waals surface area contributed by atoms with Gasteiger partial charge in [-0.1, -0.05) is 18.2 Å². The molecule has 0 radical (unpaired) electrons. The number of carbonyl (C=O) groups excluding carboxylic acids is 1. The van der Waals surface area contributed by atoms with Crippen molar-refractivity contribution in [2.75, 3.05) is 19.7 Å². The van der Waals surface area contributed by atoms with Gasteiger partial charge < -0.3 is 19.8 Å². The average Bonchev–Trinajstić information content (AvgIpc) is 2.44. The van der Waals surface area contributed by atoms with Crippen LogP contribution in [-0.4, -0.2) is 52.8 Å². The summed E-state index contributed by atoms with van der Waals surface area (Å²) in [5.41, 5.74) is 0. The van der Waals surface area contributed by atoms with Crippen LogP contribution in [0.3, 0.4) is 0 Å². The number of amides is 1. The van der Waals surface area contributed by atoms with E-state index in [1.807, 2.05) is 18.2 Å². The van der Waals surface area contributed by atoms with Crippen molar-refractivity contribution < 1.29 is 24.5 Å². The molecule has 2 N–H and O–H groups in total. The Morgan fingerprint density at radius 1 is 1.24 bits per heavy atom. The van der Waals surface area contributed by atoms with Crippen LogP contribution in [0.4, 0.5) is 0 Å². The van der Waals surface area contributed by atoms with E-state index in [0.29, 0.717) is 5.75 Å². The van der Waals surface area contributed by atoms with Gasteiger partial charge in [-0.05, 0) is 19.1 Å². The topological polar surface area (TPSA) is 87.1 Å². The fourth-order valence-electron chi connectivity index (χ4n) is 1.80. The molecule has 6 nitrogen and oxygen atoms in total. The third-order valence-corrected chi connectivity index (χ3v) is 2.76. The number of carbonyl (C=O) groups is 2. The highest BCUT2D eigenvalue weighted by molar-refractivity contribution is 5.77. The molecular weight excluding hydrogens is 274 g/mol. The Labute approximate surface area is 124 Å². The standard InChI is InChI=1S/C15H21NO5/c1-12(17)11-16(9-7-15(19)20)14(18)8-10-21-13-5-3-2-4-6-13/h2-6,12,17H,7-11H2,1H3,(H,19,20). The molecule has 1 amide bonds. The van der Waals surface area contributed by atoms with Crippen LogP contribution in [0.15, 0.2) is 30.3 Å². The molecule has 0 aromatic heterocycles. The van der Waals surface area contributed by atoms with E-state index < -0.39 is 12.1 Å². The molecule has 0 heterocycles. The molecule has 1 atom stereocenters. The fraction of sp³-hybridized carbons (Fsp3) is 0.467. The lowest BCUT2D eigenvalue weighted by atomic mass is 10.2. The van der Waals surface area contributed by atoms with E-state index in [4.69, 9.17) is 9.84 Å². The van der Waals surface area contributed by atoms with Crippen molar-refractivity contribution in [2.45, 2.75) is 25.9 Å². The Kier molecular flexibility index (Phi) is 7.25. The molecule has 0 aliphatic carbocycles. The third kappa shape index (κ3) is 7.31. The Hall–Kier alpha value is -2.08. The van der Waals surface area contributed by atoms with Gasteiger partial charge in [-0.15, -0.1) is 0 Å². The second-order valence-electron chi connectivity index (χ2n) is 4.74. The van der Waals surface area contributed by atoms with Gasteiger partial charge in [0.2, 0.25) is 5.91 Å². The number of hydrogen-bond donors (Lipinski definition) is 2. The second-order valence-corrected chi connectivity index (χ2v) is 4.74. The van der Waals surface area contributed by atoms with E-state index in [2.05, 4.69) is 0 Å². The lowest BCUT2D eigenvalue weighted by Crippen LogP contribution is -2.38. The van der Waals surface area contributed by atoms with Crippen molar-refractivity contribution in [1.29, 1.82) is 0 Å². The Bertz CT molecular complexity index is 447. The number of aliphatic hydroxyl groups excluding tert-OH is 1. The lowest BCUT2D eigenvalue weighted by molar-refractivity contribution is -0.139. The van der Waals surface area contributed by atoms with Gasteiger partial charge in [-0.25, -0.2) is 0 Å². The van der Waals surface area contributed by atoms with Crippen LogP contribution < -0.4 is 4.74 Å². The highest BCUT2D eigenvalue weighted by atomic mass is 16.5. The summed E-state index contributed by atoms with van der Waals surface area (Å²) in [5, 5.41) is 18.0. The van der Waals surface area contributed by atoms with Crippen LogP contribution in [-0.2, 0) is 9.59 Å². The SMILES string of the molecule is CC(O)CN(CCC(=O)O)C(=O)CCOc1ccccc1. The third-order valence-electron chi connectivity index (χ3n) is 2.76. The van der Waals surface area contributed by atoms with Gasteiger partial charge in [0.1, 0.15) is 5.75 Å². The van der Waals surface area contributed by atoms with Gasteiger partial charge in [0.05, 0.1) is 25.6 Å². The molecule has 1 rings (SSSR count). The van der Waals surface area contributed by atoms with Crippen molar-refractivity contribution in [1.82, 2.24) is 4.90 Å². The predicted octanol–water partition coefficient (Wildman–Crippen LogP) is 1.14. The number of benzene rings is 1. The number of aliphatic carboxylic acids is 1. The smallest absolute Gasteiger partial charge is 0.305 e. The van der Waals surface area contributed by atoms with Crippen molar-refractivity contribution in [3.63, 3.8) is 0 Å². The molecule has 0 bridgehead atoms. The van der Waals surface area contributed by atoms with E-state index in [0.717, 1.165) is 0 Å². The summed E-state index contributed by atoms with van der Waals surface area (Å²) in [6.45, 7) is 1.98. The Morgan fingerprint density at radius 2 is 1.90 bits per heavy atom. The summed E-state index contributed by atoms with van der Waals surface area (Å²) < 4.78 is 5.43. The molecule has 0 saturated carbocycles. The van der Waals surface area contributed by atoms with Gasteiger partial charge >= 0.3 is 5.97 Å². The first-order valence-corrected chi connectivity index (χ1v) is 6.84.